The average Bonchev–Trinajstić information content (AvgIpc) is 2.56. The van der Waals surface area contributed by atoms with E-state index in [1.165, 1.54) is 18.4 Å². The first-order valence-corrected chi connectivity index (χ1v) is 6.37. The molecule has 1 unspecified atom stereocenters. The van der Waals surface area contributed by atoms with E-state index in [-0.39, 0.29) is 0 Å². The highest BCUT2D eigenvalue weighted by atomic mass is 32.1. The van der Waals surface area contributed by atoms with Crippen LogP contribution in [0.25, 0.3) is 0 Å². The van der Waals surface area contributed by atoms with E-state index in [0.717, 1.165) is 12.5 Å². The highest BCUT2D eigenvalue weighted by Gasteiger charge is 2.04. The van der Waals surface area contributed by atoms with Gasteiger partial charge in [-0.1, -0.05) is 20.8 Å². The fourth-order valence-corrected chi connectivity index (χ4v) is 2.21. The molecule has 0 radical (unpaired) electrons. The van der Waals surface area contributed by atoms with Gasteiger partial charge >= 0.3 is 0 Å². The molecule has 2 heteroatoms. The van der Waals surface area contributed by atoms with Gasteiger partial charge in [0, 0.05) is 6.04 Å². The largest absolute Gasteiger partial charge is 0.315 e. The summed E-state index contributed by atoms with van der Waals surface area (Å²) in [6.07, 6.45) is 2.50. The van der Waals surface area contributed by atoms with Crippen LogP contribution in [0.3, 0.4) is 0 Å². The van der Waals surface area contributed by atoms with Gasteiger partial charge in [-0.15, -0.1) is 0 Å². The Hall–Kier alpha value is -0.340. The summed E-state index contributed by atoms with van der Waals surface area (Å²) in [6.45, 7) is 7.87. The summed E-state index contributed by atoms with van der Waals surface area (Å²) in [6, 6.07) is 2.85. The van der Waals surface area contributed by atoms with E-state index < -0.39 is 0 Å². The van der Waals surface area contributed by atoms with E-state index in [1.807, 2.05) is 0 Å². The predicted molar refractivity (Wildman–Crippen MR) is 64.9 cm³/mol. The second kappa shape index (κ2) is 6.20. The molecule has 1 heterocycles. The van der Waals surface area contributed by atoms with Gasteiger partial charge in [-0.2, -0.15) is 11.3 Å². The molecule has 0 aliphatic heterocycles. The van der Waals surface area contributed by atoms with Crippen molar-refractivity contribution in [2.75, 3.05) is 6.54 Å². The van der Waals surface area contributed by atoms with Gasteiger partial charge in [0.25, 0.3) is 0 Å². The van der Waals surface area contributed by atoms with Gasteiger partial charge in [0.1, 0.15) is 0 Å². The number of hydrogen-bond acceptors (Lipinski definition) is 2. The summed E-state index contributed by atoms with van der Waals surface area (Å²) in [7, 11) is 0. The van der Waals surface area contributed by atoms with Crippen LogP contribution in [0.4, 0.5) is 0 Å². The summed E-state index contributed by atoms with van der Waals surface area (Å²) < 4.78 is 0. The van der Waals surface area contributed by atoms with Gasteiger partial charge in [-0.05, 0) is 47.7 Å². The molecule has 0 spiro atoms. The van der Waals surface area contributed by atoms with Crippen molar-refractivity contribution in [3.63, 3.8) is 0 Å². The number of thiophene rings is 1. The van der Waals surface area contributed by atoms with Gasteiger partial charge in [0.05, 0.1) is 0 Å². The molecule has 1 nitrogen and oxygen atoms in total. The SMILES string of the molecule is CC(CCNC(C)C)Cc1ccsc1. The van der Waals surface area contributed by atoms with Crippen molar-refractivity contribution >= 4 is 11.3 Å². The van der Waals surface area contributed by atoms with E-state index >= 15 is 0 Å². The first kappa shape index (κ1) is 11.7. The highest BCUT2D eigenvalue weighted by molar-refractivity contribution is 7.07. The lowest BCUT2D eigenvalue weighted by Gasteiger charge is -2.12. The van der Waals surface area contributed by atoms with Gasteiger partial charge in [0.2, 0.25) is 0 Å². The molecule has 0 aromatic carbocycles. The normalized spacial score (nSPS) is 13.4. The van der Waals surface area contributed by atoms with Gasteiger partial charge in [-0.3, -0.25) is 0 Å². The smallest absolute Gasteiger partial charge is 0.00103 e. The van der Waals surface area contributed by atoms with Crippen LogP contribution in [0.1, 0.15) is 32.8 Å². The van der Waals surface area contributed by atoms with E-state index in [1.54, 1.807) is 11.3 Å². The number of hydrogen-bond donors (Lipinski definition) is 1. The standard InChI is InChI=1S/C12H21NS/c1-10(2)13-6-4-11(3)8-12-5-7-14-9-12/h5,7,9-11,13H,4,6,8H2,1-3H3. The quantitative estimate of drug-likeness (QED) is 0.761. The summed E-state index contributed by atoms with van der Waals surface area (Å²) in [4.78, 5) is 0. The van der Waals surface area contributed by atoms with Crippen LogP contribution in [0, 0.1) is 5.92 Å². The van der Waals surface area contributed by atoms with E-state index in [4.69, 9.17) is 0 Å². The van der Waals surface area contributed by atoms with E-state index in [2.05, 4.69) is 42.9 Å². The maximum atomic E-state index is 3.46. The predicted octanol–water partition coefficient (Wildman–Crippen LogP) is 3.31. The summed E-state index contributed by atoms with van der Waals surface area (Å²) >= 11 is 1.79. The molecule has 0 fully saturated rings. The molecule has 14 heavy (non-hydrogen) atoms. The fourth-order valence-electron chi connectivity index (χ4n) is 1.53. The van der Waals surface area contributed by atoms with E-state index in [9.17, 15) is 0 Å². The fraction of sp³-hybridized carbons (Fsp3) is 0.667. The third-order valence-corrected chi connectivity index (χ3v) is 3.09. The lowest BCUT2D eigenvalue weighted by atomic mass is 10.00. The van der Waals surface area contributed by atoms with Gasteiger partial charge in [-0.25, -0.2) is 0 Å². The molecule has 0 saturated heterocycles. The minimum atomic E-state index is 0.614. The number of nitrogens with one attached hydrogen (secondary N) is 1. The van der Waals surface area contributed by atoms with Crippen molar-refractivity contribution in [1.82, 2.24) is 5.32 Å². The first-order chi connectivity index (χ1) is 6.68. The van der Waals surface area contributed by atoms with E-state index in [0.29, 0.717) is 6.04 Å². The first-order valence-electron chi connectivity index (χ1n) is 5.43. The lowest BCUT2D eigenvalue weighted by molar-refractivity contribution is 0.476. The molecule has 0 amide bonds. The van der Waals surface area contributed by atoms with Crippen LogP contribution in [-0.4, -0.2) is 12.6 Å². The summed E-state index contributed by atoms with van der Waals surface area (Å²) in [5.41, 5.74) is 1.49. The summed E-state index contributed by atoms with van der Waals surface area (Å²) in [5, 5.41) is 7.88. The molecule has 1 aromatic rings. The molecule has 80 valence electrons. The summed E-state index contributed by atoms with van der Waals surface area (Å²) in [5.74, 6) is 0.788. The second-order valence-corrected chi connectivity index (χ2v) is 5.12. The van der Waals surface area contributed by atoms with Crippen LogP contribution in [-0.2, 0) is 6.42 Å². The molecule has 1 N–H and O–H groups in total. The Labute approximate surface area is 91.5 Å². The van der Waals surface area contributed by atoms with Crippen LogP contribution in [0.2, 0.25) is 0 Å². The average molecular weight is 211 g/mol. The Balaban J connectivity index is 2.13. The molecule has 0 saturated carbocycles. The molecule has 0 bridgehead atoms. The molecular weight excluding hydrogens is 190 g/mol. The maximum Gasteiger partial charge on any atom is 0.00103 e. The van der Waals surface area contributed by atoms with Crippen LogP contribution in [0.5, 0.6) is 0 Å². The zero-order chi connectivity index (χ0) is 10.4. The lowest BCUT2D eigenvalue weighted by Crippen LogP contribution is -2.25. The molecule has 0 aliphatic rings. The molecule has 1 atom stereocenters. The van der Waals surface area contributed by atoms with Crippen LogP contribution >= 0.6 is 11.3 Å². The van der Waals surface area contributed by atoms with Crippen LogP contribution < -0.4 is 5.32 Å². The van der Waals surface area contributed by atoms with Crippen molar-refractivity contribution in [2.24, 2.45) is 5.92 Å². The minimum absolute atomic E-state index is 0.614. The van der Waals surface area contributed by atoms with Crippen molar-refractivity contribution < 1.29 is 0 Å². The molecule has 0 aliphatic carbocycles. The molecular formula is C12H21NS. The third-order valence-electron chi connectivity index (χ3n) is 2.35. The highest BCUT2D eigenvalue weighted by Crippen LogP contribution is 2.14. The van der Waals surface area contributed by atoms with Crippen molar-refractivity contribution in [3.05, 3.63) is 22.4 Å². The number of rotatable bonds is 6. The maximum absolute atomic E-state index is 3.46. The zero-order valence-electron chi connectivity index (χ0n) is 9.42. The monoisotopic (exact) mass is 211 g/mol. The Kier molecular flexibility index (Phi) is 5.20. The molecule has 1 aromatic heterocycles. The van der Waals surface area contributed by atoms with Gasteiger partial charge in [0.15, 0.2) is 0 Å². The van der Waals surface area contributed by atoms with Crippen molar-refractivity contribution in [1.29, 1.82) is 0 Å². The Morgan fingerprint density at radius 2 is 2.14 bits per heavy atom. The zero-order valence-corrected chi connectivity index (χ0v) is 10.2. The third kappa shape index (κ3) is 4.77. The second-order valence-electron chi connectivity index (χ2n) is 4.34. The van der Waals surface area contributed by atoms with Crippen molar-refractivity contribution in [3.8, 4) is 0 Å². The van der Waals surface area contributed by atoms with Crippen molar-refractivity contribution in [2.45, 2.75) is 39.7 Å². The Morgan fingerprint density at radius 1 is 1.36 bits per heavy atom. The molecule has 1 rings (SSSR count). The Bertz CT molecular complexity index is 228. The van der Waals surface area contributed by atoms with Crippen LogP contribution in [0.15, 0.2) is 16.8 Å². The van der Waals surface area contributed by atoms with Gasteiger partial charge < -0.3 is 5.32 Å². The minimum Gasteiger partial charge on any atom is -0.315 e. The Morgan fingerprint density at radius 3 is 2.71 bits per heavy atom. The topological polar surface area (TPSA) is 12.0 Å².